The van der Waals surface area contributed by atoms with Gasteiger partial charge in [0.2, 0.25) is 5.91 Å². The van der Waals surface area contributed by atoms with E-state index in [2.05, 4.69) is 10.6 Å². The summed E-state index contributed by atoms with van der Waals surface area (Å²) < 4.78 is 0.0692. The molecule has 19 heavy (non-hydrogen) atoms. The van der Waals surface area contributed by atoms with Crippen LogP contribution in [0.2, 0.25) is 0 Å². The zero-order valence-corrected chi connectivity index (χ0v) is 11.6. The number of nitrogens with two attached hydrogens (primary N) is 1. The number of rotatable bonds is 7. The fourth-order valence-electron chi connectivity index (χ4n) is 1.88. The van der Waals surface area contributed by atoms with Gasteiger partial charge in [-0.2, -0.15) is 11.8 Å². The lowest BCUT2D eigenvalue weighted by Gasteiger charge is -2.40. The Morgan fingerprint density at radius 1 is 1.42 bits per heavy atom. The van der Waals surface area contributed by atoms with Crippen LogP contribution >= 0.6 is 11.8 Å². The molecule has 0 unspecified atom stereocenters. The summed E-state index contributed by atoms with van der Waals surface area (Å²) in [5.41, 5.74) is 4.92. The van der Waals surface area contributed by atoms with E-state index in [1.165, 1.54) is 0 Å². The standard InChI is InChI=1S/C11H19N3O4S/c1-19-11(3-2-4-11)6-13-10(18)14-7(9(16)17)5-8(12)15/h7H,2-6H2,1H3,(H2,12,15)(H,16,17)(H2,13,14,18)/t7-/m1/s1. The highest BCUT2D eigenvalue weighted by atomic mass is 32.2. The first-order valence-electron chi connectivity index (χ1n) is 5.99. The van der Waals surface area contributed by atoms with Gasteiger partial charge in [-0.1, -0.05) is 6.42 Å². The summed E-state index contributed by atoms with van der Waals surface area (Å²) in [4.78, 5) is 33.1. The van der Waals surface area contributed by atoms with Crippen molar-refractivity contribution in [2.75, 3.05) is 12.8 Å². The van der Waals surface area contributed by atoms with Gasteiger partial charge in [0.15, 0.2) is 0 Å². The summed E-state index contributed by atoms with van der Waals surface area (Å²) in [5, 5.41) is 13.7. The molecule has 7 nitrogen and oxygen atoms in total. The maximum atomic E-state index is 11.6. The maximum absolute atomic E-state index is 11.6. The minimum atomic E-state index is -1.29. The fraction of sp³-hybridized carbons (Fsp3) is 0.727. The van der Waals surface area contributed by atoms with E-state index in [9.17, 15) is 14.4 Å². The summed E-state index contributed by atoms with van der Waals surface area (Å²) in [5.74, 6) is -2.05. The molecule has 1 atom stereocenters. The Kier molecular flexibility index (Phi) is 5.46. The number of hydrogen-bond acceptors (Lipinski definition) is 4. The number of primary amides is 1. The molecule has 1 fully saturated rings. The number of carbonyl (C=O) groups is 3. The van der Waals surface area contributed by atoms with Crippen molar-refractivity contribution in [3.8, 4) is 0 Å². The van der Waals surface area contributed by atoms with Gasteiger partial charge in [-0.15, -0.1) is 0 Å². The van der Waals surface area contributed by atoms with Crippen LogP contribution in [-0.2, 0) is 9.59 Å². The number of nitrogens with one attached hydrogen (secondary N) is 2. The molecule has 0 aliphatic heterocycles. The van der Waals surface area contributed by atoms with Gasteiger partial charge in [0.05, 0.1) is 6.42 Å². The summed E-state index contributed by atoms with van der Waals surface area (Å²) in [6, 6.07) is -1.88. The number of carbonyl (C=O) groups excluding carboxylic acids is 2. The lowest BCUT2D eigenvalue weighted by Crippen LogP contribution is -2.52. The average molecular weight is 289 g/mol. The molecule has 1 aliphatic carbocycles. The van der Waals surface area contributed by atoms with Gasteiger partial charge in [0.1, 0.15) is 6.04 Å². The summed E-state index contributed by atoms with van der Waals surface area (Å²) >= 11 is 1.70. The molecule has 108 valence electrons. The minimum Gasteiger partial charge on any atom is -0.480 e. The molecule has 0 heterocycles. The molecule has 0 saturated heterocycles. The highest BCUT2D eigenvalue weighted by molar-refractivity contribution is 8.00. The molecule has 1 saturated carbocycles. The average Bonchev–Trinajstić information content (AvgIpc) is 2.26. The number of urea groups is 1. The SMILES string of the molecule is CSC1(CNC(=O)N[C@H](CC(N)=O)C(=O)O)CCC1. The molecule has 0 spiro atoms. The lowest BCUT2D eigenvalue weighted by atomic mass is 9.84. The summed E-state index contributed by atoms with van der Waals surface area (Å²) in [6.45, 7) is 0.489. The maximum Gasteiger partial charge on any atom is 0.326 e. The Hall–Kier alpha value is -1.44. The molecule has 0 aromatic carbocycles. The summed E-state index contributed by atoms with van der Waals surface area (Å²) in [6.07, 6.45) is 4.79. The first kappa shape index (κ1) is 15.6. The van der Waals surface area contributed by atoms with Crippen molar-refractivity contribution in [3.05, 3.63) is 0 Å². The zero-order chi connectivity index (χ0) is 14.5. The zero-order valence-electron chi connectivity index (χ0n) is 10.8. The Morgan fingerprint density at radius 3 is 2.42 bits per heavy atom. The Balaban J connectivity index is 2.40. The number of carboxylic acid groups (broad SMARTS) is 1. The predicted octanol–water partition coefficient (Wildman–Crippen LogP) is -0.100. The van der Waals surface area contributed by atoms with Gasteiger partial charge >= 0.3 is 12.0 Å². The van der Waals surface area contributed by atoms with E-state index in [4.69, 9.17) is 10.8 Å². The topological polar surface area (TPSA) is 122 Å². The normalized spacial score (nSPS) is 17.9. The quantitative estimate of drug-likeness (QED) is 0.521. The molecule has 1 rings (SSSR count). The molecule has 0 radical (unpaired) electrons. The van der Waals surface area contributed by atoms with Gasteiger partial charge < -0.3 is 21.5 Å². The van der Waals surface area contributed by atoms with Crippen LogP contribution < -0.4 is 16.4 Å². The number of amides is 3. The first-order chi connectivity index (χ1) is 8.88. The molecule has 0 aromatic rings. The summed E-state index contributed by atoms with van der Waals surface area (Å²) in [7, 11) is 0. The number of aliphatic carboxylic acids is 1. The van der Waals surface area contributed by atoms with E-state index in [1.54, 1.807) is 11.8 Å². The third kappa shape index (κ3) is 4.62. The van der Waals surface area contributed by atoms with Crippen molar-refractivity contribution < 1.29 is 19.5 Å². The highest BCUT2D eigenvalue weighted by Crippen LogP contribution is 2.42. The molecule has 0 aromatic heterocycles. The monoisotopic (exact) mass is 289 g/mol. The van der Waals surface area contributed by atoms with Gasteiger partial charge in [-0.05, 0) is 19.1 Å². The Bertz CT molecular complexity index is 365. The second kappa shape index (κ2) is 6.65. The highest BCUT2D eigenvalue weighted by Gasteiger charge is 2.36. The van der Waals surface area contributed by atoms with Crippen LogP contribution in [0.3, 0.4) is 0 Å². The van der Waals surface area contributed by atoms with Crippen LogP contribution in [0.25, 0.3) is 0 Å². The minimum absolute atomic E-state index is 0.0692. The van der Waals surface area contributed by atoms with Gasteiger partial charge in [0, 0.05) is 11.3 Å². The molecule has 8 heteroatoms. The van der Waals surface area contributed by atoms with Crippen molar-refractivity contribution in [1.82, 2.24) is 10.6 Å². The second-order valence-electron chi connectivity index (χ2n) is 4.63. The van der Waals surface area contributed by atoms with E-state index < -0.39 is 30.4 Å². The van der Waals surface area contributed by atoms with Crippen LogP contribution in [0, 0.1) is 0 Å². The van der Waals surface area contributed by atoms with Crippen LogP contribution in [0.5, 0.6) is 0 Å². The van der Waals surface area contributed by atoms with Gasteiger partial charge in [-0.3, -0.25) is 4.79 Å². The predicted molar refractivity (Wildman–Crippen MR) is 71.9 cm³/mol. The molecule has 3 amide bonds. The smallest absolute Gasteiger partial charge is 0.326 e. The third-order valence-corrected chi connectivity index (χ3v) is 4.70. The van der Waals surface area contributed by atoms with Gasteiger partial charge in [0.25, 0.3) is 0 Å². The molecular weight excluding hydrogens is 270 g/mol. The van der Waals surface area contributed by atoms with Crippen molar-refractivity contribution in [2.45, 2.75) is 36.5 Å². The number of carboxylic acids is 1. The van der Waals surface area contributed by atoms with E-state index in [-0.39, 0.29) is 4.75 Å². The Morgan fingerprint density at radius 2 is 2.05 bits per heavy atom. The van der Waals surface area contributed by atoms with Crippen LogP contribution in [0.4, 0.5) is 4.79 Å². The van der Waals surface area contributed by atoms with Crippen molar-refractivity contribution >= 4 is 29.7 Å². The lowest BCUT2D eigenvalue weighted by molar-refractivity contribution is -0.140. The number of thioether (sulfide) groups is 1. The first-order valence-corrected chi connectivity index (χ1v) is 7.22. The number of hydrogen-bond donors (Lipinski definition) is 4. The molecule has 1 aliphatic rings. The van der Waals surface area contributed by atoms with Crippen molar-refractivity contribution in [3.63, 3.8) is 0 Å². The van der Waals surface area contributed by atoms with Gasteiger partial charge in [-0.25, -0.2) is 9.59 Å². The van der Waals surface area contributed by atoms with Crippen LogP contribution in [0.15, 0.2) is 0 Å². The third-order valence-electron chi connectivity index (χ3n) is 3.28. The Labute approximate surface area is 115 Å². The largest absolute Gasteiger partial charge is 0.480 e. The van der Waals surface area contributed by atoms with E-state index in [0.717, 1.165) is 19.3 Å². The van der Waals surface area contributed by atoms with Crippen molar-refractivity contribution in [2.24, 2.45) is 5.73 Å². The molecule has 5 N–H and O–H groups in total. The molecular formula is C11H19N3O4S. The van der Waals surface area contributed by atoms with Crippen LogP contribution in [-0.4, -0.2) is 46.6 Å². The van der Waals surface area contributed by atoms with E-state index in [1.807, 2.05) is 6.26 Å². The van der Waals surface area contributed by atoms with Crippen LogP contribution in [0.1, 0.15) is 25.7 Å². The van der Waals surface area contributed by atoms with E-state index >= 15 is 0 Å². The fourth-order valence-corrected chi connectivity index (χ4v) is 2.79. The van der Waals surface area contributed by atoms with Crippen molar-refractivity contribution in [1.29, 1.82) is 0 Å². The second-order valence-corrected chi connectivity index (χ2v) is 5.90. The molecule has 0 bridgehead atoms. The van der Waals surface area contributed by atoms with E-state index in [0.29, 0.717) is 6.54 Å².